The number of aliphatic carboxylic acids is 1. The third-order valence-electron chi connectivity index (χ3n) is 1.94. The summed E-state index contributed by atoms with van der Waals surface area (Å²) >= 11 is 0. The summed E-state index contributed by atoms with van der Waals surface area (Å²) in [7, 11) is 1.44. The van der Waals surface area contributed by atoms with Gasteiger partial charge in [0.25, 0.3) is 0 Å². The second-order valence-corrected chi connectivity index (χ2v) is 3.24. The van der Waals surface area contributed by atoms with E-state index >= 15 is 0 Å². The highest BCUT2D eigenvalue weighted by Crippen LogP contribution is 1.99. The van der Waals surface area contributed by atoms with E-state index in [2.05, 4.69) is 5.48 Å². The van der Waals surface area contributed by atoms with E-state index in [1.165, 1.54) is 7.11 Å². The van der Waals surface area contributed by atoms with Crippen LogP contribution in [0.25, 0.3) is 0 Å². The molecule has 1 atom stereocenters. The normalized spacial score (nSPS) is 12.3. The molecule has 0 aliphatic heterocycles. The van der Waals surface area contributed by atoms with Gasteiger partial charge in [0.15, 0.2) is 6.04 Å². The summed E-state index contributed by atoms with van der Waals surface area (Å²) in [5, 5.41) is 8.78. The zero-order chi connectivity index (χ0) is 11.8. The number of hydroxylamine groups is 1. The number of methoxy groups -OCH3 is 1. The fourth-order valence-electron chi connectivity index (χ4n) is 1.12. The smallest absolute Gasteiger partial charge is 0.325 e. The van der Waals surface area contributed by atoms with Crippen LogP contribution < -0.4 is 5.48 Å². The number of carbonyl (C=O) groups is 1. The van der Waals surface area contributed by atoms with E-state index in [4.69, 9.17) is 14.7 Å². The van der Waals surface area contributed by atoms with Crippen LogP contribution in [0.2, 0.25) is 0 Å². The van der Waals surface area contributed by atoms with Gasteiger partial charge in [-0.05, 0) is 5.56 Å². The first-order chi connectivity index (χ1) is 7.74. The molecule has 0 aliphatic rings. The zero-order valence-corrected chi connectivity index (χ0v) is 9.05. The first-order valence-electron chi connectivity index (χ1n) is 4.87. The van der Waals surface area contributed by atoms with Crippen molar-refractivity contribution in [2.45, 2.75) is 12.6 Å². The van der Waals surface area contributed by atoms with Gasteiger partial charge in [0.1, 0.15) is 0 Å². The molecule has 0 spiro atoms. The summed E-state index contributed by atoms with van der Waals surface area (Å²) in [5.41, 5.74) is 3.41. The lowest BCUT2D eigenvalue weighted by atomic mass is 10.2. The van der Waals surface area contributed by atoms with E-state index in [1.807, 2.05) is 30.3 Å². The number of rotatable bonds is 7. The highest BCUT2D eigenvalue weighted by Gasteiger charge is 2.16. The molecule has 1 rings (SSSR count). The lowest BCUT2D eigenvalue weighted by molar-refractivity contribution is -0.146. The van der Waals surface area contributed by atoms with Gasteiger partial charge >= 0.3 is 5.97 Å². The minimum absolute atomic E-state index is 0.0596. The molecular weight excluding hydrogens is 210 g/mol. The summed E-state index contributed by atoms with van der Waals surface area (Å²) in [6, 6.07) is 8.63. The molecule has 0 saturated heterocycles. The molecular formula is C11H15NO4. The van der Waals surface area contributed by atoms with Crippen molar-refractivity contribution < 1.29 is 19.5 Å². The number of hydrogen-bond acceptors (Lipinski definition) is 4. The monoisotopic (exact) mass is 225 g/mol. The van der Waals surface area contributed by atoms with Gasteiger partial charge in [0.2, 0.25) is 0 Å². The molecule has 5 nitrogen and oxygen atoms in total. The van der Waals surface area contributed by atoms with E-state index < -0.39 is 12.0 Å². The van der Waals surface area contributed by atoms with Gasteiger partial charge in [-0.2, -0.15) is 5.48 Å². The van der Waals surface area contributed by atoms with Crippen molar-refractivity contribution >= 4 is 5.97 Å². The maximum Gasteiger partial charge on any atom is 0.325 e. The summed E-state index contributed by atoms with van der Waals surface area (Å²) in [5.74, 6) is -1.00. The molecule has 2 N–H and O–H groups in total. The van der Waals surface area contributed by atoms with Crippen LogP contribution in [0.3, 0.4) is 0 Å². The highest BCUT2D eigenvalue weighted by atomic mass is 16.6. The molecule has 0 bridgehead atoms. The second-order valence-electron chi connectivity index (χ2n) is 3.24. The Morgan fingerprint density at radius 2 is 2.12 bits per heavy atom. The highest BCUT2D eigenvalue weighted by molar-refractivity contribution is 5.73. The van der Waals surface area contributed by atoms with E-state index in [0.717, 1.165) is 5.56 Å². The van der Waals surface area contributed by atoms with Gasteiger partial charge in [-0.3, -0.25) is 9.63 Å². The van der Waals surface area contributed by atoms with Crippen LogP contribution in [0, 0.1) is 0 Å². The van der Waals surface area contributed by atoms with Gasteiger partial charge < -0.3 is 9.84 Å². The minimum Gasteiger partial charge on any atom is -0.480 e. The van der Waals surface area contributed by atoms with Crippen LogP contribution in [0.1, 0.15) is 5.56 Å². The van der Waals surface area contributed by atoms with Gasteiger partial charge in [-0.1, -0.05) is 30.3 Å². The Labute approximate surface area is 93.9 Å². The van der Waals surface area contributed by atoms with E-state index in [0.29, 0.717) is 6.61 Å². The molecule has 1 aromatic carbocycles. The van der Waals surface area contributed by atoms with E-state index in [9.17, 15) is 4.79 Å². The molecule has 0 fully saturated rings. The maximum absolute atomic E-state index is 10.7. The first kappa shape index (κ1) is 12.6. The van der Waals surface area contributed by atoms with Crippen molar-refractivity contribution in [1.29, 1.82) is 0 Å². The Morgan fingerprint density at radius 3 is 2.69 bits per heavy atom. The van der Waals surface area contributed by atoms with Crippen molar-refractivity contribution in [3.05, 3.63) is 35.9 Å². The van der Waals surface area contributed by atoms with Gasteiger partial charge in [-0.15, -0.1) is 0 Å². The Kier molecular flexibility index (Phi) is 5.49. The van der Waals surface area contributed by atoms with Crippen LogP contribution in [0.5, 0.6) is 0 Å². The Bertz CT molecular complexity index is 315. The van der Waals surface area contributed by atoms with Gasteiger partial charge in [0.05, 0.1) is 13.2 Å². The maximum atomic E-state index is 10.7. The van der Waals surface area contributed by atoms with Crippen molar-refractivity contribution in [2.75, 3.05) is 13.7 Å². The van der Waals surface area contributed by atoms with Crippen molar-refractivity contribution in [2.24, 2.45) is 0 Å². The quantitative estimate of drug-likeness (QED) is 0.672. The van der Waals surface area contributed by atoms with E-state index in [-0.39, 0.29) is 6.61 Å². The molecule has 88 valence electrons. The first-order valence-corrected chi connectivity index (χ1v) is 4.87. The standard InChI is InChI=1S/C11H15NO4/c1-15-8-10(11(13)14)12-16-7-9-5-3-2-4-6-9/h2-6,10,12H,7-8H2,1H3,(H,13,14). The predicted octanol–water partition coefficient (Wildman–Crippen LogP) is 0.807. The molecule has 0 saturated carbocycles. The summed E-state index contributed by atoms with van der Waals surface area (Å²) in [6.45, 7) is 0.373. The molecule has 16 heavy (non-hydrogen) atoms. The number of nitrogens with one attached hydrogen (secondary N) is 1. The average molecular weight is 225 g/mol. The molecule has 0 amide bonds. The van der Waals surface area contributed by atoms with Gasteiger partial charge in [0, 0.05) is 7.11 Å². The zero-order valence-electron chi connectivity index (χ0n) is 9.05. The molecule has 5 heteroatoms. The number of benzene rings is 1. The molecule has 0 aliphatic carbocycles. The van der Waals surface area contributed by atoms with Crippen LogP contribution in [-0.2, 0) is 21.0 Å². The third-order valence-corrected chi connectivity index (χ3v) is 1.94. The third kappa shape index (κ3) is 4.39. The topological polar surface area (TPSA) is 67.8 Å². The lowest BCUT2D eigenvalue weighted by Crippen LogP contribution is -2.40. The summed E-state index contributed by atoms with van der Waals surface area (Å²) < 4.78 is 4.74. The summed E-state index contributed by atoms with van der Waals surface area (Å²) in [6.07, 6.45) is 0. The number of ether oxygens (including phenoxy) is 1. The SMILES string of the molecule is COCC(NOCc1ccccc1)C(=O)O. The van der Waals surface area contributed by atoms with Crippen LogP contribution >= 0.6 is 0 Å². The molecule has 0 aromatic heterocycles. The second kappa shape index (κ2) is 6.95. The van der Waals surface area contributed by atoms with Gasteiger partial charge in [-0.25, -0.2) is 0 Å². The predicted molar refractivity (Wildman–Crippen MR) is 57.7 cm³/mol. The lowest BCUT2D eigenvalue weighted by Gasteiger charge is -2.13. The molecule has 0 heterocycles. The largest absolute Gasteiger partial charge is 0.480 e. The van der Waals surface area contributed by atoms with Crippen molar-refractivity contribution in [1.82, 2.24) is 5.48 Å². The van der Waals surface area contributed by atoms with Crippen LogP contribution in [0.15, 0.2) is 30.3 Å². The number of carboxylic acids is 1. The van der Waals surface area contributed by atoms with Crippen molar-refractivity contribution in [3.63, 3.8) is 0 Å². The molecule has 1 unspecified atom stereocenters. The Hall–Kier alpha value is -1.43. The van der Waals surface area contributed by atoms with E-state index in [1.54, 1.807) is 0 Å². The van der Waals surface area contributed by atoms with Crippen LogP contribution in [0.4, 0.5) is 0 Å². The fraction of sp³-hybridized carbons (Fsp3) is 0.364. The molecule has 1 aromatic rings. The Morgan fingerprint density at radius 1 is 1.44 bits per heavy atom. The van der Waals surface area contributed by atoms with Crippen molar-refractivity contribution in [3.8, 4) is 0 Å². The average Bonchev–Trinajstić information content (AvgIpc) is 2.29. The fourth-order valence-corrected chi connectivity index (χ4v) is 1.12. The minimum atomic E-state index is -1.00. The summed E-state index contributed by atoms with van der Waals surface area (Å²) in [4.78, 5) is 15.8. The van der Waals surface area contributed by atoms with Crippen LogP contribution in [-0.4, -0.2) is 30.8 Å². The molecule has 0 radical (unpaired) electrons. The Balaban J connectivity index is 2.31. The number of carboxylic acid groups (broad SMARTS) is 1. The number of hydrogen-bond donors (Lipinski definition) is 2.